The normalized spacial score (nSPS) is 14.2. The maximum Gasteiger partial charge on any atom is 0.272 e. The van der Waals surface area contributed by atoms with Crippen molar-refractivity contribution in [2.45, 2.75) is 32.4 Å². The van der Waals surface area contributed by atoms with E-state index in [0.29, 0.717) is 23.7 Å². The summed E-state index contributed by atoms with van der Waals surface area (Å²) in [6.45, 7) is 2.70. The highest BCUT2D eigenvalue weighted by molar-refractivity contribution is 7.17. The van der Waals surface area contributed by atoms with Crippen LogP contribution in [0.2, 0.25) is 0 Å². The first-order valence-corrected chi connectivity index (χ1v) is 10.5. The average Bonchev–Trinajstić information content (AvgIpc) is 3.41. The molecule has 0 radical (unpaired) electrons. The minimum Gasteiger partial charge on any atom is -0.351 e. The Morgan fingerprint density at radius 2 is 2.04 bits per heavy atom. The third-order valence-electron chi connectivity index (χ3n) is 4.54. The molecule has 4 rings (SSSR count). The molecule has 0 aliphatic carbocycles. The van der Waals surface area contributed by atoms with Crippen molar-refractivity contribution in [2.75, 3.05) is 18.0 Å². The Labute approximate surface area is 159 Å². The van der Waals surface area contributed by atoms with Gasteiger partial charge in [-0.2, -0.15) is 0 Å². The van der Waals surface area contributed by atoms with Gasteiger partial charge in [0.25, 0.3) is 5.56 Å². The molecule has 26 heavy (non-hydrogen) atoms. The van der Waals surface area contributed by atoms with Crippen molar-refractivity contribution in [2.24, 2.45) is 0 Å². The molecule has 3 aromatic rings. The average molecular weight is 389 g/mol. The van der Waals surface area contributed by atoms with Gasteiger partial charge in [-0.1, -0.05) is 6.07 Å². The number of carbonyl (C=O) groups excluding carboxylic acids is 1. The van der Waals surface area contributed by atoms with Crippen molar-refractivity contribution >= 4 is 44.7 Å². The molecule has 136 valence electrons. The Hall–Kier alpha value is -2.19. The lowest BCUT2D eigenvalue weighted by atomic mass is 10.3. The Balaban J connectivity index is 1.52. The summed E-state index contributed by atoms with van der Waals surface area (Å²) in [6, 6.07) is 5.85. The summed E-state index contributed by atoms with van der Waals surface area (Å²) in [5.41, 5.74) is 0.707. The molecule has 6 nitrogen and oxygen atoms in total. The van der Waals surface area contributed by atoms with Crippen LogP contribution in [-0.4, -0.2) is 28.5 Å². The van der Waals surface area contributed by atoms with Gasteiger partial charge in [0.1, 0.15) is 4.70 Å². The predicted octanol–water partition coefficient (Wildman–Crippen LogP) is 2.83. The van der Waals surface area contributed by atoms with Gasteiger partial charge in [0.2, 0.25) is 11.9 Å². The monoisotopic (exact) mass is 388 g/mol. The first-order chi connectivity index (χ1) is 12.7. The van der Waals surface area contributed by atoms with Crippen molar-refractivity contribution in [3.05, 3.63) is 44.2 Å². The predicted molar refractivity (Wildman–Crippen MR) is 106 cm³/mol. The van der Waals surface area contributed by atoms with E-state index in [-0.39, 0.29) is 17.9 Å². The molecule has 1 aliphatic heterocycles. The summed E-state index contributed by atoms with van der Waals surface area (Å²) in [5, 5.41) is 6.81. The van der Waals surface area contributed by atoms with E-state index in [2.05, 4.69) is 10.2 Å². The summed E-state index contributed by atoms with van der Waals surface area (Å²) < 4.78 is 2.33. The number of amides is 1. The van der Waals surface area contributed by atoms with E-state index in [4.69, 9.17) is 4.98 Å². The number of hydrogen-bond donors (Lipinski definition) is 1. The maximum atomic E-state index is 12.9. The van der Waals surface area contributed by atoms with Gasteiger partial charge in [0.15, 0.2) is 0 Å². The third kappa shape index (κ3) is 3.52. The van der Waals surface area contributed by atoms with E-state index in [9.17, 15) is 9.59 Å². The molecule has 0 aromatic carbocycles. The topological polar surface area (TPSA) is 67.2 Å². The van der Waals surface area contributed by atoms with Crippen LogP contribution in [0.1, 0.15) is 24.1 Å². The van der Waals surface area contributed by atoms with E-state index in [1.165, 1.54) is 11.3 Å². The number of nitrogens with one attached hydrogen (secondary N) is 1. The first-order valence-electron chi connectivity index (χ1n) is 8.74. The van der Waals surface area contributed by atoms with E-state index in [0.717, 1.165) is 36.3 Å². The minimum absolute atomic E-state index is 0.0436. The zero-order chi connectivity index (χ0) is 17.9. The van der Waals surface area contributed by atoms with Crippen LogP contribution in [0, 0.1) is 0 Å². The Kier molecular flexibility index (Phi) is 5.03. The number of nitrogens with zero attached hydrogens (tertiary/aromatic N) is 3. The molecule has 4 heterocycles. The van der Waals surface area contributed by atoms with E-state index in [1.807, 2.05) is 29.0 Å². The lowest BCUT2D eigenvalue weighted by Gasteiger charge is -2.21. The molecule has 1 amide bonds. The highest BCUT2D eigenvalue weighted by Gasteiger charge is 2.21. The van der Waals surface area contributed by atoms with Crippen molar-refractivity contribution in [3.8, 4) is 0 Å². The maximum absolute atomic E-state index is 12.9. The van der Waals surface area contributed by atoms with Gasteiger partial charge < -0.3 is 10.2 Å². The lowest BCUT2D eigenvalue weighted by Crippen LogP contribution is -2.32. The lowest BCUT2D eigenvalue weighted by molar-refractivity contribution is -0.121. The second-order valence-corrected chi connectivity index (χ2v) is 8.25. The zero-order valence-corrected chi connectivity index (χ0v) is 15.9. The summed E-state index contributed by atoms with van der Waals surface area (Å²) in [6.07, 6.45) is 2.49. The molecular formula is C18H20N4O2S2. The molecule has 1 saturated heterocycles. The fourth-order valence-corrected chi connectivity index (χ4v) is 4.62. The molecule has 0 bridgehead atoms. The third-order valence-corrected chi connectivity index (χ3v) is 6.30. The minimum atomic E-state index is -0.0519. The van der Waals surface area contributed by atoms with Crippen LogP contribution in [0.15, 0.2) is 33.8 Å². The number of hydrogen-bond acceptors (Lipinski definition) is 6. The number of fused-ring (bicyclic) bond motifs is 1. The first kappa shape index (κ1) is 17.2. The molecule has 1 fully saturated rings. The number of anilines is 1. The van der Waals surface area contributed by atoms with Crippen LogP contribution in [-0.2, 0) is 17.9 Å². The van der Waals surface area contributed by atoms with Gasteiger partial charge in [-0.05, 0) is 35.7 Å². The largest absolute Gasteiger partial charge is 0.351 e. The molecule has 8 heteroatoms. The molecule has 0 unspecified atom stereocenters. The van der Waals surface area contributed by atoms with Crippen LogP contribution in [0.3, 0.4) is 0 Å². The fourth-order valence-electron chi connectivity index (χ4n) is 3.19. The Morgan fingerprint density at radius 1 is 1.19 bits per heavy atom. The highest BCUT2D eigenvalue weighted by Crippen LogP contribution is 2.22. The van der Waals surface area contributed by atoms with Crippen molar-refractivity contribution in [1.82, 2.24) is 14.9 Å². The van der Waals surface area contributed by atoms with Crippen LogP contribution in [0.25, 0.3) is 10.2 Å². The summed E-state index contributed by atoms with van der Waals surface area (Å²) >= 11 is 3.03. The smallest absolute Gasteiger partial charge is 0.272 e. The van der Waals surface area contributed by atoms with Crippen LogP contribution in [0.5, 0.6) is 0 Å². The van der Waals surface area contributed by atoms with Crippen LogP contribution < -0.4 is 15.8 Å². The van der Waals surface area contributed by atoms with Crippen molar-refractivity contribution in [3.63, 3.8) is 0 Å². The SMILES string of the molecule is O=C(CCn1c(N2CCCC2)nc2ccsc2c1=O)NCc1cccs1. The fraction of sp³-hybridized carbons (Fsp3) is 0.389. The molecule has 3 aromatic heterocycles. The number of rotatable bonds is 6. The zero-order valence-electron chi connectivity index (χ0n) is 14.3. The number of carbonyl (C=O) groups is 1. The number of thiophene rings is 2. The van der Waals surface area contributed by atoms with Crippen molar-refractivity contribution < 1.29 is 4.79 Å². The van der Waals surface area contributed by atoms with Gasteiger partial charge in [-0.3, -0.25) is 14.2 Å². The van der Waals surface area contributed by atoms with Gasteiger partial charge in [0, 0.05) is 30.9 Å². The number of aromatic nitrogens is 2. The molecule has 0 saturated carbocycles. The van der Waals surface area contributed by atoms with Gasteiger partial charge in [-0.25, -0.2) is 4.98 Å². The van der Waals surface area contributed by atoms with E-state index in [1.54, 1.807) is 15.9 Å². The van der Waals surface area contributed by atoms with E-state index < -0.39 is 0 Å². The van der Waals surface area contributed by atoms with Crippen molar-refractivity contribution in [1.29, 1.82) is 0 Å². The van der Waals surface area contributed by atoms with Crippen LogP contribution in [0.4, 0.5) is 5.95 Å². The summed E-state index contributed by atoms with van der Waals surface area (Å²) in [4.78, 5) is 33.1. The summed E-state index contributed by atoms with van der Waals surface area (Å²) in [5.74, 6) is 0.647. The molecule has 0 spiro atoms. The quantitative estimate of drug-likeness (QED) is 0.705. The van der Waals surface area contributed by atoms with Gasteiger partial charge in [0.05, 0.1) is 12.1 Å². The Bertz CT molecular complexity index is 955. The van der Waals surface area contributed by atoms with Crippen LogP contribution >= 0.6 is 22.7 Å². The molecular weight excluding hydrogens is 368 g/mol. The standard InChI is InChI=1S/C18H20N4O2S2/c23-15(19-12-13-4-3-10-25-13)5-9-22-17(24)16-14(6-11-26-16)20-18(22)21-7-1-2-8-21/h3-4,6,10-11H,1-2,5,7-9,12H2,(H,19,23). The highest BCUT2D eigenvalue weighted by atomic mass is 32.1. The summed E-state index contributed by atoms with van der Waals surface area (Å²) in [7, 11) is 0. The molecule has 1 N–H and O–H groups in total. The van der Waals surface area contributed by atoms with Gasteiger partial charge in [-0.15, -0.1) is 22.7 Å². The van der Waals surface area contributed by atoms with Gasteiger partial charge >= 0.3 is 0 Å². The Morgan fingerprint density at radius 3 is 2.81 bits per heavy atom. The second kappa shape index (κ2) is 7.59. The second-order valence-electron chi connectivity index (χ2n) is 6.30. The van der Waals surface area contributed by atoms with E-state index >= 15 is 0 Å². The molecule has 1 aliphatic rings. The molecule has 0 atom stereocenters.